The molecular formula is C19H26ClN. The first-order valence-corrected chi connectivity index (χ1v) is 8.12. The van der Waals surface area contributed by atoms with Crippen molar-refractivity contribution >= 4 is 17.9 Å². The molecule has 0 saturated carbocycles. The molecule has 1 aromatic carbocycles. The second-order valence-electron chi connectivity index (χ2n) is 5.43. The van der Waals surface area contributed by atoms with Crippen LogP contribution in [0.15, 0.2) is 36.4 Å². The fourth-order valence-corrected chi connectivity index (χ4v) is 2.65. The van der Waals surface area contributed by atoms with Crippen LogP contribution in [0.25, 0.3) is 6.08 Å². The summed E-state index contributed by atoms with van der Waals surface area (Å²) in [6.07, 6.45) is 14.8. The van der Waals surface area contributed by atoms with Crippen molar-refractivity contribution in [3.63, 3.8) is 0 Å². The van der Waals surface area contributed by atoms with E-state index in [0.29, 0.717) is 6.04 Å². The Bertz CT molecular complexity index is 446. The van der Waals surface area contributed by atoms with Crippen LogP contribution in [-0.4, -0.2) is 16.5 Å². The van der Waals surface area contributed by atoms with Gasteiger partial charge in [-0.25, -0.2) is 4.42 Å². The van der Waals surface area contributed by atoms with Crippen LogP contribution in [0, 0.1) is 12.3 Å². The van der Waals surface area contributed by atoms with Crippen molar-refractivity contribution in [2.45, 2.75) is 58.0 Å². The van der Waals surface area contributed by atoms with Gasteiger partial charge in [-0.1, -0.05) is 55.8 Å². The van der Waals surface area contributed by atoms with E-state index in [0.717, 1.165) is 32.1 Å². The highest BCUT2D eigenvalue weighted by Crippen LogP contribution is 2.20. The number of hydrogen-bond acceptors (Lipinski definition) is 1. The largest absolute Gasteiger partial charge is 0.213 e. The van der Waals surface area contributed by atoms with E-state index >= 15 is 0 Å². The van der Waals surface area contributed by atoms with Gasteiger partial charge < -0.3 is 0 Å². The molecule has 0 spiro atoms. The summed E-state index contributed by atoms with van der Waals surface area (Å²) in [6.45, 7) is 4.34. The van der Waals surface area contributed by atoms with E-state index in [-0.39, 0.29) is 6.04 Å². The zero-order valence-electron chi connectivity index (χ0n) is 13.1. The summed E-state index contributed by atoms with van der Waals surface area (Å²) in [5.41, 5.74) is 1.24. The van der Waals surface area contributed by atoms with Gasteiger partial charge in [-0.3, -0.25) is 0 Å². The molecule has 0 aliphatic heterocycles. The number of hydrogen-bond donors (Lipinski definition) is 0. The Morgan fingerprint density at radius 3 is 2.62 bits per heavy atom. The first-order chi connectivity index (χ1) is 10.2. The van der Waals surface area contributed by atoms with Crippen LogP contribution >= 0.6 is 11.8 Å². The van der Waals surface area contributed by atoms with Gasteiger partial charge in [0.15, 0.2) is 0 Å². The predicted octanol–water partition coefficient (Wildman–Crippen LogP) is 5.52. The number of benzene rings is 1. The quantitative estimate of drug-likeness (QED) is 0.429. The molecule has 0 aliphatic carbocycles. The second kappa shape index (κ2) is 10.5. The molecule has 21 heavy (non-hydrogen) atoms. The van der Waals surface area contributed by atoms with Gasteiger partial charge in [0.05, 0.1) is 0 Å². The van der Waals surface area contributed by atoms with E-state index in [2.05, 4.69) is 56.2 Å². The maximum absolute atomic E-state index is 6.46. The van der Waals surface area contributed by atoms with Gasteiger partial charge in [0, 0.05) is 18.5 Å². The third-order valence-electron chi connectivity index (χ3n) is 3.61. The lowest BCUT2D eigenvalue weighted by molar-refractivity contribution is 0.253. The fraction of sp³-hybridized carbons (Fsp3) is 0.474. The van der Waals surface area contributed by atoms with Crippen molar-refractivity contribution in [3.8, 4) is 12.3 Å². The average molecular weight is 304 g/mol. The summed E-state index contributed by atoms with van der Waals surface area (Å²) in [7, 11) is 0. The van der Waals surface area contributed by atoms with Gasteiger partial charge >= 0.3 is 0 Å². The van der Waals surface area contributed by atoms with Crippen molar-refractivity contribution in [2.75, 3.05) is 0 Å². The van der Waals surface area contributed by atoms with Crippen LogP contribution in [0.4, 0.5) is 0 Å². The lowest BCUT2D eigenvalue weighted by Crippen LogP contribution is -2.34. The summed E-state index contributed by atoms with van der Waals surface area (Å²) < 4.78 is 1.93. The Kier molecular flexibility index (Phi) is 8.90. The molecule has 0 amide bonds. The van der Waals surface area contributed by atoms with Crippen LogP contribution in [0.1, 0.15) is 51.5 Å². The smallest absolute Gasteiger partial charge is 0.0363 e. The van der Waals surface area contributed by atoms with Gasteiger partial charge in [0.1, 0.15) is 0 Å². The summed E-state index contributed by atoms with van der Waals surface area (Å²) >= 11 is 6.46. The predicted molar refractivity (Wildman–Crippen MR) is 94.0 cm³/mol. The second-order valence-corrected chi connectivity index (χ2v) is 5.82. The molecule has 2 atom stereocenters. The molecule has 114 valence electrons. The molecule has 0 bridgehead atoms. The van der Waals surface area contributed by atoms with Gasteiger partial charge in [-0.05, 0) is 43.5 Å². The Morgan fingerprint density at radius 1 is 1.29 bits per heavy atom. The van der Waals surface area contributed by atoms with E-state index in [1.807, 2.05) is 10.5 Å². The summed E-state index contributed by atoms with van der Waals surface area (Å²) in [5, 5.41) is 0. The Hall–Kier alpha value is -1.23. The molecule has 0 radical (unpaired) electrons. The van der Waals surface area contributed by atoms with Crippen molar-refractivity contribution in [2.24, 2.45) is 0 Å². The van der Waals surface area contributed by atoms with Crippen LogP contribution in [0.3, 0.4) is 0 Å². The lowest BCUT2D eigenvalue weighted by Gasteiger charge is -2.29. The first kappa shape index (κ1) is 17.8. The minimum atomic E-state index is 0.287. The number of halogens is 1. The minimum absolute atomic E-state index is 0.287. The number of nitrogens with zero attached hydrogens (tertiary/aromatic N) is 1. The number of rotatable bonds is 9. The number of terminal acetylenes is 1. The molecule has 0 saturated heterocycles. The number of allylic oxidation sites excluding steroid dienone is 1. The van der Waals surface area contributed by atoms with E-state index in [1.165, 1.54) is 5.56 Å². The highest BCUT2D eigenvalue weighted by atomic mass is 35.5. The molecule has 1 rings (SSSR count). The third kappa shape index (κ3) is 6.85. The van der Waals surface area contributed by atoms with E-state index in [9.17, 15) is 0 Å². The molecule has 0 fully saturated rings. The molecule has 1 nitrogen and oxygen atoms in total. The molecule has 0 aromatic heterocycles. The summed E-state index contributed by atoms with van der Waals surface area (Å²) in [4.78, 5) is 0. The lowest BCUT2D eigenvalue weighted by atomic mass is 10.1. The van der Waals surface area contributed by atoms with Crippen LogP contribution < -0.4 is 0 Å². The Balaban J connectivity index is 2.40. The Morgan fingerprint density at radius 2 is 2.00 bits per heavy atom. The van der Waals surface area contributed by atoms with E-state index in [1.54, 1.807) is 0 Å². The monoisotopic (exact) mass is 303 g/mol. The zero-order valence-corrected chi connectivity index (χ0v) is 13.9. The van der Waals surface area contributed by atoms with Gasteiger partial charge in [0.25, 0.3) is 0 Å². The fourth-order valence-electron chi connectivity index (χ4n) is 2.39. The highest BCUT2D eigenvalue weighted by Gasteiger charge is 2.19. The van der Waals surface area contributed by atoms with Crippen molar-refractivity contribution in [1.82, 2.24) is 4.42 Å². The minimum Gasteiger partial charge on any atom is -0.213 e. The van der Waals surface area contributed by atoms with Gasteiger partial charge in [0.2, 0.25) is 0 Å². The third-order valence-corrected chi connectivity index (χ3v) is 4.22. The molecular weight excluding hydrogens is 278 g/mol. The molecule has 0 heterocycles. The zero-order chi connectivity index (χ0) is 15.5. The SMILES string of the molecule is C#CCC(CCC)N(Cl)C(C)CC/C=C/c1ccccc1. The normalized spacial score (nSPS) is 14.2. The topological polar surface area (TPSA) is 3.24 Å². The first-order valence-electron chi connectivity index (χ1n) is 7.78. The van der Waals surface area contributed by atoms with Crippen molar-refractivity contribution in [3.05, 3.63) is 42.0 Å². The van der Waals surface area contributed by atoms with Crippen molar-refractivity contribution in [1.29, 1.82) is 0 Å². The molecule has 2 unspecified atom stereocenters. The maximum Gasteiger partial charge on any atom is 0.0363 e. The Labute approximate surface area is 135 Å². The molecule has 1 aromatic rings. The van der Waals surface area contributed by atoms with E-state index < -0.39 is 0 Å². The van der Waals surface area contributed by atoms with Gasteiger partial charge in [-0.15, -0.1) is 12.3 Å². The summed E-state index contributed by atoms with van der Waals surface area (Å²) in [6, 6.07) is 11.0. The van der Waals surface area contributed by atoms with Crippen molar-refractivity contribution < 1.29 is 0 Å². The maximum atomic E-state index is 6.46. The molecule has 2 heteroatoms. The summed E-state index contributed by atoms with van der Waals surface area (Å²) in [5.74, 6) is 2.74. The van der Waals surface area contributed by atoms with E-state index in [4.69, 9.17) is 18.2 Å². The average Bonchev–Trinajstić information content (AvgIpc) is 2.51. The van der Waals surface area contributed by atoms with Crippen LogP contribution in [-0.2, 0) is 0 Å². The molecule has 0 N–H and O–H groups in total. The van der Waals surface area contributed by atoms with Crippen LogP contribution in [0.2, 0.25) is 0 Å². The van der Waals surface area contributed by atoms with Crippen LogP contribution in [0.5, 0.6) is 0 Å². The standard InChI is InChI=1S/C19H26ClN/c1-4-11-19(12-5-2)21(20)17(3)13-9-10-16-18-14-7-6-8-15-18/h1,6-8,10,14-17,19H,5,9,11-13H2,2-3H3/b16-10+. The van der Waals surface area contributed by atoms with Gasteiger partial charge in [-0.2, -0.15) is 0 Å². The molecule has 0 aliphatic rings. The highest BCUT2D eigenvalue weighted by molar-refractivity contribution is 6.13.